The van der Waals surface area contributed by atoms with Crippen LogP contribution >= 0.6 is 22.9 Å². The largest absolute Gasteiger partial charge is 0.339 e. The zero-order valence-corrected chi connectivity index (χ0v) is 18.6. The number of nitrogens with one attached hydrogen (secondary N) is 2. The van der Waals surface area contributed by atoms with Gasteiger partial charge in [0.15, 0.2) is 0 Å². The molecule has 1 aliphatic rings. The lowest BCUT2D eigenvalue weighted by molar-refractivity contribution is 0.102. The Morgan fingerprint density at radius 1 is 1.06 bits per heavy atom. The summed E-state index contributed by atoms with van der Waals surface area (Å²) >= 11 is 7.70. The van der Waals surface area contributed by atoms with E-state index in [1.807, 2.05) is 25.1 Å². The fourth-order valence-corrected chi connectivity index (χ4v) is 5.30. The van der Waals surface area contributed by atoms with Gasteiger partial charge in [-0.05, 0) is 80.1 Å². The predicted molar refractivity (Wildman–Crippen MR) is 128 cm³/mol. The van der Waals surface area contributed by atoms with Crippen molar-refractivity contribution in [1.82, 2.24) is 9.97 Å². The van der Waals surface area contributed by atoms with Crippen LogP contribution in [-0.4, -0.2) is 15.9 Å². The molecule has 0 aliphatic heterocycles. The van der Waals surface area contributed by atoms with E-state index in [1.165, 1.54) is 23.3 Å². The topological polar surface area (TPSA) is 66.9 Å². The van der Waals surface area contributed by atoms with Crippen molar-refractivity contribution < 1.29 is 4.79 Å². The number of aryl methyl sites for hydroxylation is 3. The second-order valence-electron chi connectivity index (χ2n) is 7.73. The molecule has 5 nitrogen and oxygen atoms in total. The van der Waals surface area contributed by atoms with Crippen LogP contribution in [0.15, 0.2) is 48.8 Å². The summed E-state index contributed by atoms with van der Waals surface area (Å²) in [6.07, 6.45) is 6.24. The lowest BCUT2D eigenvalue weighted by atomic mass is 9.97. The lowest BCUT2D eigenvalue weighted by Crippen LogP contribution is -2.12. The van der Waals surface area contributed by atoms with Gasteiger partial charge in [0, 0.05) is 26.8 Å². The average molecular weight is 449 g/mol. The van der Waals surface area contributed by atoms with E-state index in [2.05, 4.69) is 20.6 Å². The summed E-state index contributed by atoms with van der Waals surface area (Å²) in [5, 5.41) is 8.14. The molecule has 0 spiro atoms. The maximum Gasteiger partial charge on any atom is 0.255 e. The molecule has 1 amide bonds. The summed E-state index contributed by atoms with van der Waals surface area (Å²) < 4.78 is 0. The van der Waals surface area contributed by atoms with Gasteiger partial charge in [-0.3, -0.25) is 4.79 Å². The van der Waals surface area contributed by atoms with Crippen molar-refractivity contribution in [3.8, 4) is 0 Å². The Balaban J connectivity index is 1.45. The van der Waals surface area contributed by atoms with Gasteiger partial charge >= 0.3 is 0 Å². The number of halogens is 1. The van der Waals surface area contributed by atoms with Crippen LogP contribution in [-0.2, 0) is 12.8 Å². The number of aromatic nitrogens is 2. The zero-order valence-electron chi connectivity index (χ0n) is 17.0. The minimum absolute atomic E-state index is 0.175. The molecule has 0 fully saturated rings. The van der Waals surface area contributed by atoms with E-state index in [4.69, 9.17) is 11.6 Å². The Morgan fingerprint density at radius 2 is 1.87 bits per heavy atom. The molecule has 0 radical (unpaired) electrons. The Bertz CT molecular complexity index is 1280. The van der Waals surface area contributed by atoms with Gasteiger partial charge < -0.3 is 10.6 Å². The summed E-state index contributed by atoms with van der Waals surface area (Å²) in [5.41, 5.74) is 4.55. The number of amides is 1. The number of thiophene rings is 1. The van der Waals surface area contributed by atoms with E-state index in [9.17, 15) is 4.79 Å². The van der Waals surface area contributed by atoms with Gasteiger partial charge in [0.1, 0.15) is 17.0 Å². The van der Waals surface area contributed by atoms with Crippen molar-refractivity contribution in [2.75, 3.05) is 10.6 Å². The van der Waals surface area contributed by atoms with E-state index in [1.54, 1.807) is 41.9 Å². The number of rotatable bonds is 4. The van der Waals surface area contributed by atoms with E-state index >= 15 is 0 Å². The van der Waals surface area contributed by atoms with Crippen LogP contribution in [0.25, 0.3) is 10.2 Å². The standard InChI is InChI=1S/C24H21ClN4OS/c1-14-6-7-15(23(30)28-17-10-8-16(25)9-11-17)12-19(14)29-22-21-18-4-2-3-5-20(18)31-24(21)27-13-26-22/h6-13H,2-5H2,1H3,(H,28,30)(H,26,27,29). The summed E-state index contributed by atoms with van der Waals surface area (Å²) in [6, 6.07) is 12.7. The van der Waals surface area contributed by atoms with Gasteiger partial charge in [-0.1, -0.05) is 17.7 Å². The second-order valence-corrected chi connectivity index (χ2v) is 9.25. The van der Waals surface area contributed by atoms with Crippen molar-refractivity contribution in [3.63, 3.8) is 0 Å². The summed E-state index contributed by atoms with van der Waals surface area (Å²) in [7, 11) is 0. The fourth-order valence-electron chi connectivity index (χ4n) is 3.95. The van der Waals surface area contributed by atoms with Crippen LogP contribution in [0.1, 0.15) is 39.2 Å². The third-order valence-corrected chi connectivity index (χ3v) is 7.06. The monoisotopic (exact) mass is 448 g/mol. The van der Waals surface area contributed by atoms with Gasteiger partial charge in [0.25, 0.3) is 5.91 Å². The fraction of sp³-hybridized carbons (Fsp3) is 0.208. The molecule has 7 heteroatoms. The van der Waals surface area contributed by atoms with Crippen molar-refractivity contribution in [1.29, 1.82) is 0 Å². The summed E-state index contributed by atoms with van der Waals surface area (Å²) in [5.74, 6) is 0.633. The smallest absolute Gasteiger partial charge is 0.255 e. The minimum atomic E-state index is -0.175. The first-order valence-electron chi connectivity index (χ1n) is 10.3. The van der Waals surface area contributed by atoms with Crippen molar-refractivity contribution >= 4 is 56.3 Å². The predicted octanol–water partition coefficient (Wildman–Crippen LogP) is 6.53. The number of carbonyl (C=O) groups is 1. The van der Waals surface area contributed by atoms with Crippen molar-refractivity contribution in [2.24, 2.45) is 0 Å². The minimum Gasteiger partial charge on any atom is -0.339 e. The SMILES string of the molecule is Cc1ccc(C(=O)Nc2ccc(Cl)cc2)cc1Nc1ncnc2sc3c(c12)CCCC3. The van der Waals surface area contributed by atoms with E-state index in [-0.39, 0.29) is 5.91 Å². The molecule has 2 aromatic heterocycles. The average Bonchev–Trinajstić information content (AvgIpc) is 3.16. The van der Waals surface area contributed by atoms with Crippen molar-refractivity contribution in [2.45, 2.75) is 32.6 Å². The third-order valence-electron chi connectivity index (χ3n) is 5.61. The van der Waals surface area contributed by atoms with Crippen LogP contribution in [0.2, 0.25) is 5.02 Å². The molecule has 31 heavy (non-hydrogen) atoms. The molecule has 0 bridgehead atoms. The first-order valence-corrected chi connectivity index (χ1v) is 11.5. The first-order chi connectivity index (χ1) is 15.1. The number of benzene rings is 2. The summed E-state index contributed by atoms with van der Waals surface area (Å²) in [6.45, 7) is 2.02. The van der Waals surface area contributed by atoms with Crippen molar-refractivity contribution in [3.05, 3.63) is 75.4 Å². The highest BCUT2D eigenvalue weighted by Gasteiger charge is 2.20. The maximum atomic E-state index is 12.8. The van der Waals surface area contributed by atoms with Crippen LogP contribution in [0, 0.1) is 6.92 Å². The highest BCUT2D eigenvalue weighted by Crippen LogP contribution is 2.39. The molecular weight excluding hydrogens is 428 g/mol. The molecule has 5 rings (SSSR count). The Labute approximate surface area is 189 Å². The second kappa shape index (κ2) is 8.29. The molecule has 2 heterocycles. The van der Waals surface area contributed by atoms with E-state index in [0.717, 1.165) is 40.1 Å². The Hall–Kier alpha value is -2.96. The van der Waals surface area contributed by atoms with E-state index in [0.29, 0.717) is 16.3 Å². The van der Waals surface area contributed by atoms with Gasteiger partial charge in [-0.15, -0.1) is 11.3 Å². The quantitative estimate of drug-likeness (QED) is 0.372. The van der Waals surface area contributed by atoms with Crippen LogP contribution < -0.4 is 10.6 Å². The van der Waals surface area contributed by atoms with E-state index < -0.39 is 0 Å². The molecule has 156 valence electrons. The van der Waals surface area contributed by atoms with Crippen LogP contribution in [0.3, 0.4) is 0 Å². The number of hydrogen-bond donors (Lipinski definition) is 2. The number of nitrogens with zero attached hydrogens (tertiary/aromatic N) is 2. The highest BCUT2D eigenvalue weighted by molar-refractivity contribution is 7.19. The van der Waals surface area contributed by atoms with Gasteiger partial charge in [-0.25, -0.2) is 9.97 Å². The molecule has 1 aliphatic carbocycles. The van der Waals surface area contributed by atoms with Crippen LogP contribution in [0.5, 0.6) is 0 Å². The molecule has 0 unspecified atom stereocenters. The zero-order chi connectivity index (χ0) is 21.4. The molecule has 2 aromatic carbocycles. The molecule has 0 saturated carbocycles. The normalized spacial score (nSPS) is 13.1. The van der Waals surface area contributed by atoms with Gasteiger partial charge in [0.05, 0.1) is 5.39 Å². The molecular formula is C24H21ClN4OS. The molecule has 0 saturated heterocycles. The van der Waals surface area contributed by atoms with Gasteiger partial charge in [-0.2, -0.15) is 0 Å². The highest BCUT2D eigenvalue weighted by atomic mass is 35.5. The maximum absolute atomic E-state index is 12.8. The number of fused-ring (bicyclic) bond motifs is 3. The number of anilines is 3. The number of carbonyl (C=O) groups excluding carboxylic acids is 1. The molecule has 2 N–H and O–H groups in total. The third kappa shape index (κ3) is 4.01. The molecule has 4 aromatic rings. The Morgan fingerprint density at radius 3 is 2.71 bits per heavy atom. The first kappa shape index (κ1) is 20.0. The summed E-state index contributed by atoms with van der Waals surface area (Å²) in [4.78, 5) is 24.3. The Kier molecular flexibility index (Phi) is 5.34. The number of hydrogen-bond acceptors (Lipinski definition) is 5. The molecule has 0 atom stereocenters. The van der Waals surface area contributed by atoms with Crippen LogP contribution in [0.4, 0.5) is 17.2 Å². The van der Waals surface area contributed by atoms with Gasteiger partial charge in [0.2, 0.25) is 0 Å². The lowest BCUT2D eigenvalue weighted by Gasteiger charge is -2.14.